The summed E-state index contributed by atoms with van der Waals surface area (Å²) in [5.74, 6) is 0.649. The highest BCUT2D eigenvalue weighted by molar-refractivity contribution is 4.91. The average molecular weight is 267 g/mol. The molecule has 0 bridgehead atoms. The normalized spacial score (nSPS) is 31.4. The fourth-order valence-electron chi connectivity index (χ4n) is 3.92. The van der Waals surface area contributed by atoms with Crippen molar-refractivity contribution in [1.29, 1.82) is 0 Å². The minimum atomic E-state index is 0.391. The average Bonchev–Trinajstić information content (AvgIpc) is 2.73. The van der Waals surface area contributed by atoms with Gasteiger partial charge in [0.05, 0.1) is 0 Å². The summed E-state index contributed by atoms with van der Waals surface area (Å²) in [6.45, 7) is 15.2. The van der Waals surface area contributed by atoms with E-state index in [1.165, 1.54) is 45.4 Å². The molecule has 2 heterocycles. The SMILES string of the molecule is CC1CN2CCCC2CN1CC(CN)CC(C)(C)C. The van der Waals surface area contributed by atoms with Crippen molar-refractivity contribution in [3.05, 3.63) is 0 Å². The molecule has 2 N–H and O–H groups in total. The number of piperazine rings is 1. The molecule has 3 nitrogen and oxygen atoms in total. The van der Waals surface area contributed by atoms with Crippen LogP contribution in [0.3, 0.4) is 0 Å². The van der Waals surface area contributed by atoms with Gasteiger partial charge in [0.1, 0.15) is 0 Å². The van der Waals surface area contributed by atoms with Crippen molar-refractivity contribution in [2.45, 2.75) is 59.0 Å². The van der Waals surface area contributed by atoms with Crippen molar-refractivity contribution < 1.29 is 0 Å². The molecule has 2 rings (SSSR count). The van der Waals surface area contributed by atoms with E-state index < -0.39 is 0 Å². The number of fused-ring (bicyclic) bond motifs is 1. The molecule has 0 aromatic carbocycles. The molecule has 0 aliphatic carbocycles. The molecule has 2 aliphatic rings. The second kappa shape index (κ2) is 6.11. The fourth-order valence-corrected chi connectivity index (χ4v) is 3.92. The van der Waals surface area contributed by atoms with Crippen LogP contribution in [-0.4, -0.2) is 54.6 Å². The smallest absolute Gasteiger partial charge is 0.0224 e. The van der Waals surface area contributed by atoms with Crippen LogP contribution in [0.15, 0.2) is 0 Å². The summed E-state index contributed by atoms with van der Waals surface area (Å²) in [5, 5.41) is 0. The van der Waals surface area contributed by atoms with Crippen LogP contribution in [-0.2, 0) is 0 Å². The first-order valence-electron chi connectivity index (χ1n) is 8.07. The Kier molecular flexibility index (Phi) is 4.91. The lowest BCUT2D eigenvalue weighted by Crippen LogP contribution is -2.56. The molecule has 0 aromatic heterocycles. The van der Waals surface area contributed by atoms with Crippen LogP contribution in [0, 0.1) is 11.3 Å². The van der Waals surface area contributed by atoms with Gasteiger partial charge in [0.2, 0.25) is 0 Å². The van der Waals surface area contributed by atoms with Gasteiger partial charge in [0, 0.05) is 31.7 Å². The van der Waals surface area contributed by atoms with E-state index in [-0.39, 0.29) is 0 Å². The molecule has 3 heteroatoms. The van der Waals surface area contributed by atoms with Gasteiger partial charge < -0.3 is 5.73 Å². The highest BCUT2D eigenvalue weighted by Crippen LogP contribution is 2.28. The molecule has 0 amide bonds. The van der Waals surface area contributed by atoms with Gasteiger partial charge in [0.15, 0.2) is 0 Å². The summed E-state index contributed by atoms with van der Waals surface area (Å²) >= 11 is 0. The summed E-state index contributed by atoms with van der Waals surface area (Å²) in [6, 6.07) is 1.52. The molecule has 19 heavy (non-hydrogen) atoms. The van der Waals surface area contributed by atoms with Crippen LogP contribution < -0.4 is 5.73 Å². The van der Waals surface area contributed by atoms with Gasteiger partial charge in [0.25, 0.3) is 0 Å². The zero-order valence-electron chi connectivity index (χ0n) is 13.4. The summed E-state index contributed by atoms with van der Waals surface area (Å²) in [6.07, 6.45) is 4.03. The number of hydrogen-bond acceptors (Lipinski definition) is 3. The number of rotatable bonds is 4. The van der Waals surface area contributed by atoms with Crippen LogP contribution in [0.5, 0.6) is 0 Å². The third-order valence-corrected chi connectivity index (χ3v) is 4.79. The summed E-state index contributed by atoms with van der Waals surface area (Å²) in [4.78, 5) is 5.40. The van der Waals surface area contributed by atoms with E-state index >= 15 is 0 Å². The lowest BCUT2D eigenvalue weighted by atomic mass is 9.84. The molecule has 0 saturated carbocycles. The Morgan fingerprint density at radius 3 is 2.63 bits per heavy atom. The zero-order chi connectivity index (χ0) is 14.0. The molecule has 3 atom stereocenters. The van der Waals surface area contributed by atoms with Gasteiger partial charge >= 0.3 is 0 Å². The highest BCUT2D eigenvalue weighted by Gasteiger charge is 2.35. The van der Waals surface area contributed by atoms with Crippen molar-refractivity contribution >= 4 is 0 Å². The van der Waals surface area contributed by atoms with Gasteiger partial charge in [-0.2, -0.15) is 0 Å². The third kappa shape index (κ3) is 4.17. The third-order valence-electron chi connectivity index (χ3n) is 4.79. The van der Waals surface area contributed by atoms with Gasteiger partial charge in [-0.15, -0.1) is 0 Å². The summed E-state index contributed by atoms with van der Waals surface area (Å²) < 4.78 is 0. The summed E-state index contributed by atoms with van der Waals surface area (Å²) in [5.41, 5.74) is 6.40. The maximum absolute atomic E-state index is 6.01. The van der Waals surface area contributed by atoms with E-state index in [4.69, 9.17) is 5.73 Å². The van der Waals surface area contributed by atoms with Crippen molar-refractivity contribution in [3.63, 3.8) is 0 Å². The molecule has 2 aliphatic heterocycles. The standard InChI is InChI=1S/C16H33N3/c1-13-10-18-7-5-6-15(18)12-19(13)11-14(9-17)8-16(2,3)4/h13-15H,5-12,17H2,1-4H3. The Balaban J connectivity index is 1.89. The van der Waals surface area contributed by atoms with Crippen molar-refractivity contribution in [2.75, 3.05) is 32.7 Å². The van der Waals surface area contributed by atoms with E-state index in [0.717, 1.165) is 12.6 Å². The first kappa shape index (κ1) is 15.3. The van der Waals surface area contributed by atoms with Crippen molar-refractivity contribution in [3.8, 4) is 0 Å². The minimum absolute atomic E-state index is 0.391. The summed E-state index contributed by atoms with van der Waals surface area (Å²) in [7, 11) is 0. The Hall–Kier alpha value is -0.120. The van der Waals surface area contributed by atoms with Crippen molar-refractivity contribution in [1.82, 2.24) is 9.80 Å². The van der Waals surface area contributed by atoms with Gasteiger partial charge in [-0.3, -0.25) is 9.80 Å². The largest absolute Gasteiger partial charge is 0.330 e. The van der Waals surface area contributed by atoms with E-state index in [9.17, 15) is 0 Å². The van der Waals surface area contributed by atoms with Crippen molar-refractivity contribution in [2.24, 2.45) is 17.1 Å². The monoisotopic (exact) mass is 267 g/mol. The first-order valence-corrected chi connectivity index (χ1v) is 8.07. The molecule has 112 valence electrons. The highest BCUT2D eigenvalue weighted by atomic mass is 15.3. The van der Waals surface area contributed by atoms with E-state index in [1.807, 2.05) is 0 Å². The Morgan fingerprint density at radius 2 is 2.00 bits per heavy atom. The Labute approximate surface area is 119 Å². The van der Waals surface area contributed by atoms with Gasteiger partial charge in [-0.1, -0.05) is 20.8 Å². The molecule has 2 fully saturated rings. The van der Waals surface area contributed by atoms with Crippen LogP contribution in [0.25, 0.3) is 0 Å². The van der Waals surface area contributed by atoms with Gasteiger partial charge in [-0.25, -0.2) is 0 Å². The minimum Gasteiger partial charge on any atom is -0.330 e. The zero-order valence-corrected chi connectivity index (χ0v) is 13.4. The molecule has 3 unspecified atom stereocenters. The van der Waals surface area contributed by atoms with Gasteiger partial charge in [-0.05, 0) is 50.6 Å². The maximum atomic E-state index is 6.01. The van der Waals surface area contributed by atoms with E-state index in [2.05, 4.69) is 37.5 Å². The Morgan fingerprint density at radius 1 is 1.26 bits per heavy atom. The topological polar surface area (TPSA) is 32.5 Å². The molecular formula is C16H33N3. The predicted molar refractivity (Wildman–Crippen MR) is 82.2 cm³/mol. The van der Waals surface area contributed by atoms with E-state index in [1.54, 1.807) is 0 Å². The van der Waals surface area contributed by atoms with Crippen LogP contribution in [0.2, 0.25) is 0 Å². The molecule has 0 spiro atoms. The first-order chi connectivity index (χ1) is 8.89. The number of hydrogen-bond donors (Lipinski definition) is 1. The molecule has 0 aromatic rings. The Bertz CT molecular complexity index is 284. The van der Waals surface area contributed by atoms with Crippen LogP contribution in [0.4, 0.5) is 0 Å². The second-order valence-corrected chi connectivity index (χ2v) is 7.96. The maximum Gasteiger partial charge on any atom is 0.0224 e. The lowest BCUT2D eigenvalue weighted by molar-refractivity contribution is 0.0440. The van der Waals surface area contributed by atoms with Crippen LogP contribution in [0.1, 0.15) is 47.0 Å². The predicted octanol–water partition coefficient (Wildman–Crippen LogP) is 2.17. The quantitative estimate of drug-likeness (QED) is 0.847. The fraction of sp³-hybridized carbons (Fsp3) is 1.00. The molecule has 2 saturated heterocycles. The van der Waals surface area contributed by atoms with Crippen LogP contribution >= 0.6 is 0 Å². The van der Waals surface area contributed by atoms with E-state index in [0.29, 0.717) is 17.4 Å². The molecule has 0 radical (unpaired) electrons. The lowest BCUT2D eigenvalue weighted by Gasteiger charge is -2.44. The number of nitrogens with two attached hydrogens (primary N) is 1. The molecular weight excluding hydrogens is 234 g/mol. The second-order valence-electron chi connectivity index (χ2n) is 7.96. The number of nitrogens with zero attached hydrogens (tertiary/aromatic N) is 2.